The maximum Gasteiger partial charge on any atom is 0.217 e. The van der Waals surface area contributed by atoms with Gasteiger partial charge in [-0.25, -0.2) is 4.98 Å². The largest absolute Gasteiger partial charge is 0.478 e. The van der Waals surface area contributed by atoms with Crippen LogP contribution in [0.1, 0.15) is 51.7 Å². The molecule has 3 N–H and O–H groups in total. The highest BCUT2D eigenvalue weighted by Crippen LogP contribution is 2.24. The molecule has 0 fully saturated rings. The number of nitrogens with one attached hydrogen (secondary N) is 1. The average molecular weight is 382 g/mol. The summed E-state index contributed by atoms with van der Waals surface area (Å²) in [6, 6.07) is 10.6. The molecule has 150 valence electrons. The van der Waals surface area contributed by atoms with Gasteiger partial charge >= 0.3 is 0 Å². The second-order valence-electron chi connectivity index (χ2n) is 8.21. The minimum atomic E-state index is 0.110. The summed E-state index contributed by atoms with van der Waals surface area (Å²) in [5, 5.41) is 3.51. The molecule has 28 heavy (non-hydrogen) atoms. The molecule has 6 nitrogen and oxygen atoms in total. The average Bonchev–Trinajstić information content (AvgIpc) is 3.04. The zero-order valence-electron chi connectivity index (χ0n) is 17.3. The van der Waals surface area contributed by atoms with Crippen LogP contribution in [0.3, 0.4) is 0 Å². The van der Waals surface area contributed by atoms with Crippen molar-refractivity contribution in [2.24, 2.45) is 0 Å². The summed E-state index contributed by atoms with van der Waals surface area (Å²) in [5.41, 5.74) is 10.3. The van der Waals surface area contributed by atoms with E-state index in [1.54, 1.807) is 0 Å². The lowest BCUT2D eigenvalue weighted by Gasteiger charge is -2.20. The van der Waals surface area contributed by atoms with E-state index in [4.69, 9.17) is 10.5 Å². The molecule has 0 saturated carbocycles. The zero-order chi connectivity index (χ0) is 20.1. The summed E-state index contributed by atoms with van der Waals surface area (Å²) >= 11 is 0. The quantitative estimate of drug-likeness (QED) is 0.574. The number of imidazole rings is 1. The SMILES string of the molecule is CCCCOc1cc2c(ncn2Cc2ccc(CNC(C)(C)C)cc2)c(N)n1. The number of unbranched alkanes of at least 4 members (excludes halogenated alkanes) is 1. The number of nitrogens with zero attached hydrogens (tertiary/aromatic N) is 3. The molecule has 0 spiro atoms. The Hall–Kier alpha value is -2.60. The molecule has 0 atom stereocenters. The third kappa shape index (κ3) is 5.23. The lowest BCUT2D eigenvalue weighted by Crippen LogP contribution is -2.35. The molecule has 0 saturated heterocycles. The Morgan fingerprint density at radius 2 is 1.86 bits per heavy atom. The molecular formula is C22H31N5O. The fraction of sp³-hybridized carbons (Fsp3) is 0.455. The molecule has 0 aliphatic rings. The first-order chi connectivity index (χ1) is 13.4. The highest BCUT2D eigenvalue weighted by molar-refractivity contribution is 5.85. The van der Waals surface area contributed by atoms with Crippen molar-refractivity contribution >= 4 is 16.9 Å². The van der Waals surface area contributed by atoms with Crippen molar-refractivity contribution in [3.05, 3.63) is 47.8 Å². The van der Waals surface area contributed by atoms with Gasteiger partial charge in [0.1, 0.15) is 5.52 Å². The van der Waals surface area contributed by atoms with Crippen LogP contribution in [-0.2, 0) is 13.1 Å². The van der Waals surface area contributed by atoms with Crippen molar-refractivity contribution in [1.29, 1.82) is 0 Å². The van der Waals surface area contributed by atoms with Crippen LogP contribution in [0.25, 0.3) is 11.0 Å². The van der Waals surface area contributed by atoms with E-state index in [0.29, 0.717) is 23.8 Å². The van der Waals surface area contributed by atoms with E-state index in [1.807, 2.05) is 12.4 Å². The lowest BCUT2D eigenvalue weighted by atomic mass is 10.1. The van der Waals surface area contributed by atoms with E-state index >= 15 is 0 Å². The van der Waals surface area contributed by atoms with Crippen LogP contribution in [0.2, 0.25) is 0 Å². The van der Waals surface area contributed by atoms with Crippen molar-refractivity contribution in [2.45, 2.75) is 59.2 Å². The van der Waals surface area contributed by atoms with Crippen LogP contribution in [-0.4, -0.2) is 26.7 Å². The van der Waals surface area contributed by atoms with Gasteiger partial charge in [-0.2, -0.15) is 4.98 Å². The second-order valence-corrected chi connectivity index (χ2v) is 8.21. The summed E-state index contributed by atoms with van der Waals surface area (Å²) < 4.78 is 7.83. The Bertz CT molecular complexity index is 909. The molecular weight excluding hydrogens is 350 g/mol. The topological polar surface area (TPSA) is 78.0 Å². The molecule has 1 aromatic carbocycles. The monoisotopic (exact) mass is 381 g/mol. The van der Waals surface area contributed by atoms with Gasteiger partial charge in [-0.1, -0.05) is 37.6 Å². The number of anilines is 1. The molecule has 3 rings (SSSR count). The van der Waals surface area contributed by atoms with Crippen LogP contribution >= 0.6 is 0 Å². The van der Waals surface area contributed by atoms with Gasteiger partial charge in [-0.3, -0.25) is 0 Å². The van der Waals surface area contributed by atoms with Crippen LogP contribution in [0.15, 0.2) is 36.7 Å². The summed E-state index contributed by atoms with van der Waals surface area (Å²) in [6.45, 7) is 10.9. The maximum absolute atomic E-state index is 6.08. The van der Waals surface area contributed by atoms with Gasteiger partial charge in [0.2, 0.25) is 5.88 Å². The van der Waals surface area contributed by atoms with Crippen LogP contribution < -0.4 is 15.8 Å². The number of hydrogen-bond acceptors (Lipinski definition) is 5. The molecule has 0 bridgehead atoms. The van der Waals surface area contributed by atoms with E-state index in [0.717, 1.165) is 31.4 Å². The molecule has 0 aliphatic heterocycles. The third-order valence-corrected chi connectivity index (χ3v) is 4.56. The van der Waals surface area contributed by atoms with Gasteiger partial charge in [0.15, 0.2) is 5.82 Å². The summed E-state index contributed by atoms with van der Waals surface area (Å²) in [4.78, 5) is 8.75. The fourth-order valence-electron chi connectivity index (χ4n) is 2.91. The summed E-state index contributed by atoms with van der Waals surface area (Å²) in [5.74, 6) is 0.968. The molecule has 0 amide bonds. The number of nitrogens with two attached hydrogens (primary N) is 1. The summed E-state index contributed by atoms with van der Waals surface area (Å²) in [6.07, 6.45) is 3.89. The van der Waals surface area contributed by atoms with E-state index in [1.165, 1.54) is 11.1 Å². The third-order valence-electron chi connectivity index (χ3n) is 4.56. The first-order valence-corrected chi connectivity index (χ1v) is 9.93. The first-order valence-electron chi connectivity index (χ1n) is 9.93. The van der Waals surface area contributed by atoms with E-state index in [9.17, 15) is 0 Å². The Morgan fingerprint density at radius 1 is 1.14 bits per heavy atom. The standard InChI is InChI=1S/C22H31N5O/c1-5-6-11-28-19-12-18-20(21(23)26-19)24-15-27(18)14-17-9-7-16(8-10-17)13-25-22(2,3)4/h7-10,12,15,25H,5-6,11,13-14H2,1-4H3,(H2,23,26). The number of nitrogen functional groups attached to an aromatic ring is 1. The highest BCUT2D eigenvalue weighted by Gasteiger charge is 2.11. The van der Waals surface area contributed by atoms with Crippen molar-refractivity contribution in [3.8, 4) is 5.88 Å². The van der Waals surface area contributed by atoms with Gasteiger partial charge in [-0.05, 0) is 38.3 Å². The van der Waals surface area contributed by atoms with Gasteiger partial charge in [-0.15, -0.1) is 0 Å². The van der Waals surface area contributed by atoms with E-state index < -0.39 is 0 Å². The molecule has 3 aromatic rings. The predicted molar refractivity (Wildman–Crippen MR) is 114 cm³/mol. The summed E-state index contributed by atoms with van der Waals surface area (Å²) in [7, 11) is 0. The molecule has 0 unspecified atom stereocenters. The van der Waals surface area contributed by atoms with Crippen molar-refractivity contribution < 1.29 is 4.74 Å². The number of benzene rings is 1. The molecule has 2 heterocycles. The molecule has 2 aromatic heterocycles. The Labute approximate surface area is 167 Å². The smallest absolute Gasteiger partial charge is 0.217 e. The van der Waals surface area contributed by atoms with E-state index in [2.05, 4.69) is 71.8 Å². The Kier molecular flexibility index (Phi) is 6.19. The number of aromatic nitrogens is 3. The number of rotatable bonds is 8. The first kappa shape index (κ1) is 20.1. The lowest BCUT2D eigenvalue weighted by molar-refractivity contribution is 0.298. The number of ether oxygens (including phenoxy) is 1. The van der Waals surface area contributed by atoms with Gasteiger partial charge in [0, 0.05) is 24.7 Å². The van der Waals surface area contributed by atoms with Crippen molar-refractivity contribution in [3.63, 3.8) is 0 Å². The van der Waals surface area contributed by atoms with Gasteiger partial charge in [0.05, 0.1) is 18.5 Å². The van der Waals surface area contributed by atoms with Crippen LogP contribution in [0.5, 0.6) is 5.88 Å². The Balaban J connectivity index is 1.74. The highest BCUT2D eigenvalue weighted by atomic mass is 16.5. The van der Waals surface area contributed by atoms with Crippen molar-refractivity contribution in [1.82, 2.24) is 19.9 Å². The van der Waals surface area contributed by atoms with Gasteiger partial charge < -0.3 is 20.4 Å². The molecule has 6 heteroatoms. The predicted octanol–water partition coefficient (Wildman–Crippen LogP) is 4.13. The van der Waals surface area contributed by atoms with Crippen LogP contribution in [0, 0.1) is 0 Å². The Morgan fingerprint density at radius 3 is 2.54 bits per heavy atom. The maximum atomic E-state index is 6.08. The fourth-order valence-corrected chi connectivity index (χ4v) is 2.91. The second kappa shape index (κ2) is 8.61. The number of fused-ring (bicyclic) bond motifs is 1. The molecule has 0 aliphatic carbocycles. The van der Waals surface area contributed by atoms with Crippen LogP contribution in [0.4, 0.5) is 5.82 Å². The van der Waals surface area contributed by atoms with Gasteiger partial charge in [0.25, 0.3) is 0 Å². The zero-order valence-corrected chi connectivity index (χ0v) is 17.3. The minimum absolute atomic E-state index is 0.110. The van der Waals surface area contributed by atoms with Crippen molar-refractivity contribution in [2.75, 3.05) is 12.3 Å². The normalized spacial score (nSPS) is 11.9. The minimum Gasteiger partial charge on any atom is -0.478 e. The van der Waals surface area contributed by atoms with E-state index in [-0.39, 0.29) is 5.54 Å². The number of pyridine rings is 1. The number of hydrogen-bond donors (Lipinski definition) is 2. The molecule has 0 radical (unpaired) electrons.